The lowest BCUT2D eigenvalue weighted by Crippen LogP contribution is -2.37. The molecule has 0 bridgehead atoms. The number of hydrogen-bond acceptors (Lipinski definition) is 4. The van der Waals surface area contributed by atoms with Gasteiger partial charge in [0.1, 0.15) is 5.69 Å². The van der Waals surface area contributed by atoms with E-state index in [1.54, 1.807) is 47.6 Å². The summed E-state index contributed by atoms with van der Waals surface area (Å²) in [4.78, 5) is 40.7. The van der Waals surface area contributed by atoms with E-state index in [1.165, 1.54) is 0 Å². The molecule has 32 heavy (non-hydrogen) atoms. The number of carbonyl (C=O) groups excluding carboxylic acids is 3. The van der Waals surface area contributed by atoms with Crippen LogP contribution in [0.5, 0.6) is 0 Å². The summed E-state index contributed by atoms with van der Waals surface area (Å²) in [6.07, 6.45) is 0.772. The van der Waals surface area contributed by atoms with Crippen molar-refractivity contribution in [2.75, 3.05) is 19.7 Å². The van der Waals surface area contributed by atoms with E-state index in [4.69, 9.17) is 16.3 Å². The number of hydrogen-bond donors (Lipinski definition) is 0. The van der Waals surface area contributed by atoms with Crippen molar-refractivity contribution < 1.29 is 19.1 Å². The number of esters is 1. The Morgan fingerprint density at radius 3 is 2.25 bits per heavy atom. The molecule has 0 atom stereocenters. The molecule has 2 aromatic rings. The first kappa shape index (κ1) is 25.7. The van der Waals surface area contributed by atoms with Gasteiger partial charge in [-0.05, 0) is 69.9 Å². The van der Waals surface area contributed by atoms with Crippen molar-refractivity contribution in [3.05, 3.63) is 57.4 Å². The Morgan fingerprint density at radius 1 is 1.09 bits per heavy atom. The molecular weight excluding hydrogens is 428 g/mol. The highest BCUT2D eigenvalue weighted by molar-refractivity contribution is 6.30. The quantitative estimate of drug-likeness (QED) is 0.355. The molecule has 2 rings (SSSR count). The second-order valence-corrected chi connectivity index (χ2v) is 8.67. The number of amides is 1. The molecule has 0 radical (unpaired) electrons. The molecule has 6 nitrogen and oxygen atoms in total. The second-order valence-electron chi connectivity index (χ2n) is 8.24. The summed E-state index contributed by atoms with van der Waals surface area (Å²) in [6.45, 7) is 12.6. The number of benzene rings is 1. The molecule has 1 aromatic carbocycles. The van der Waals surface area contributed by atoms with Crippen molar-refractivity contribution in [3.63, 3.8) is 0 Å². The molecule has 0 saturated heterocycles. The average Bonchev–Trinajstić information content (AvgIpc) is 3.00. The second kappa shape index (κ2) is 11.3. The highest BCUT2D eigenvalue weighted by Gasteiger charge is 2.28. The fourth-order valence-corrected chi connectivity index (χ4v) is 3.98. The Balaban J connectivity index is 2.39. The van der Waals surface area contributed by atoms with Gasteiger partial charge < -0.3 is 14.2 Å². The van der Waals surface area contributed by atoms with E-state index in [0.717, 1.165) is 6.42 Å². The van der Waals surface area contributed by atoms with Gasteiger partial charge in [0.25, 0.3) is 5.91 Å². The topological polar surface area (TPSA) is 68.6 Å². The van der Waals surface area contributed by atoms with Gasteiger partial charge in [-0.15, -0.1) is 0 Å². The summed E-state index contributed by atoms with van der Waals surface area (Å²) in [5, 5.41) is 0.546. The molecule has 0 aliphatic rings. The average molecular weight is 461 g/mol. The van der Waals surface area contributed by atoms with E-state index in [0.29, 0.717) is 52.1 Å². The first-order chi connectivity index (χ1) is 15.1. The molecule has 0 saturated carbocycles. The largest absolute Gasteiger partial charge is 0.461 e. The zero-order valence-electron chi connectivity index (χ0n) is 19.8. The molecule has 0 unspecified atom stereocenters. The number of Topliss-reactive ketones (excluding diaryl/α,β-unsaturated/α-hetero) is 1. The van der Waals surface area contributed by atoms with Gasteiger partial charge >= 0.3 is 5.97 Å². The Hall–Kier alpha value is -2.60. The standard InChI is InChI=1S/C25H33ClN2O4/c1-7-28-18(6)22(17(5)23(28)25(31)32-8-2)21(29)15-27(14-13-16(3)4)24(30)19-9-11-20(26)12-10-19/h9-12,16H,7-8,13-15H2,1-6H3. The van der Waals surface area contributed by atoms with E-state index in [-0.39, 0.29) is 24.8 Å². The maximum atomic E-state index is 13.4. The van der Waals surface area contributed by atoms with E-state index < -0.39 is 5.97 Å². The summed E-state index contributed by atoms with van der Waals surface area (Å²) in [6, 6.07) is 6.66. The molecular formula is C25H33ClN2O4. The summed E-state index contributed by atoms with van der Waals surface area (Å²) >= 11 is 5.96. The van der Waals surface area contributed by atoms with E-state index in [9.17, 15) is 14.4 Å². The van der Waals surface area contributed by atoms with Gasteiger partial charge in [0.15, 0.2) is 5.78 Å². The number of aromatic nitrogens is 1. The highest BCUT2D eigenvalue weighted by Crippen LogP contribution is 2.24. The van der Waals surface area contributed by atoms with Crippen LogP contribution in [0.15, 0.2) is 24.3 Å². The molecule has 174 valence electrons. The van der Waals surface area contributed by atoms with Crippen LogP contribution >= 0.6 is 11.6 Å². The van der Waals surface area contributed by atoms with Crippen LogP contribution in [-0.2, 0) is 11.3 Å². The number of ketones is 1. The Kier molecular flexibility index (Phi) is 9.08. The first-order valence-corrected chi connectivity index (χ1v) is 11.4. The fourth-order valence-electron chi connectivity index (χ4n) is 3.86. The van der Waals surface area contributed by atoms with Crippen LogP contribution in [0.25, 0.3) is 0 Å². The summed E-state index contributed by atoms with van der Waals surface area (Å²) in [5.74, 6) is -0.469. The predicted octanol–water partition coefficient (Wildman–Crippen LogP) is 5.33. The lowest BCUT2D eigenvalue weighted by molar-refractivity contribution is 0.0512. The third kappa shape index (κ3) is 5.80. The molecule has 1 heterocycles. The molecule has 1 aromatic heterocycles. The van der Waals surface area contributed by atoms with E-state index in [1.807, 2.05) is 13.8 Å². The van der Waals surface area contributed by atoms with Gasteiger partial charge in [-0.3, -0.25) is 9.59 Å². The van der Waals surface area contributed by atoms with Crippen molar-refractivity contribution >= 4 is 29.3 Å². The third-order valence-electron chi connectivity index (χ3n) is 5.52. The number of rotatable bonds is 10. The van der Waals surface area contributed by atoms with Crippen LogP contribution in [0.3, 0.4) is 0 Å². The summed E-state index contributed by atoms with van der Waals surface area (Å²) < 4.78 is 7.01. The zero-order chi connectivity index (χ0) is 24.0. The van der Waals surface area contributed by atoms with E-state index in [2.05, 4.69) is 13.8 Å². The molecule has 0 fully saturated rings. The monoisotopic (exact) mass is 460 g/mol. The van der Waals surface area contributed by atoms with Gasteiger partial charge in [0.05, 0.1) is 13.2 Å². The summed E-state index contributed by atoms with van der Waals surface area (Å²) in [5.41, 5.74) is 2.66. The van der Waals surface area contributed by atoms with E-state index >= 15 is 0 Å². The molecule has 0 spiro atoms. The maximum Gasteiger partial charge on any atom is 0.355 e. The number of nitrogens with zero attached hydrogens (tertiary/aromatic N) is 2. The minimum absolute atomic E-state index is 0.0636. The van der Waals surface area contributed by atoms with Crippen LogP contribution in [-0.4, -0.2) is 46.8 Å². The molecule has 1 amide bonds. The minimum Gasteiger partial charge on any atom is -0.461 e. The zero-order valence-corrected chi connectivity index (χ0v) is 20.6. The summed E-state index contributed by atoms with van der Waals surface area (Å²) in [7, 11) is 0. The van der Waals surface area contributed by atoms with Crippen molar-refractivity contribution in [2.24, 2.45) is 5.92 Å². The van der Waals surface area contributed by atoms with Crippen LogP contribution < -0.4 is 0 Å². The fraction of sp³-hybridized carbons (Fsp3) is 0.480. The number of halogens is 1. The van der Waals surface area contributed by atoms with Gasteiger partial charge in [0.2, 0.25) is 0 Å². The molecule has 0 N–H and O–H groups in total. The van der Waals surface area contributed by atoms with Gasteiger partial charge in [0, 0.05) is 34.9 Å². The van der Waals surface area contributed by atoms with Crippen molar-refractivity contribution in [2.45, 2.75) is 54.5 Å². The molecule has 0 aliphatic carbocycles. The van der Waals surface area contributed by atoms with Crippen LogP contribution in [0.2, 0.25) is 5.02 Å². The Morgan fingerprint density at radius 2 is 1.72 bits per heavy atom. The third-order valence-corrected chi connectivity index (χ3v) is 5.77. The normalized spacial score (nSPS) is 11.0. The van der Waals surface area contributed by atoms with Gasteiger partial charge in [-0.1, -0.05) is 25.4 Å². The predicted molar refractivity (Wildman–Crippen MR) is 127 cm³/mol. The Labute approximate surface area is 195 Å². The number of carbonyl (C=O) groups is 3. The van der Waals surface area contributed by atoms with Crippen molar-refractivity contribution in [3.8, 4) is 0 Å². The van der Waals surface area contributed by atoms with Crippen LogP contribution in [0.4, 0.5) is 0 Å². The smallest absolute Gasteiger partial charge is 0.355 e. The lowest BCUT2D eigenvalue weighted by atomic mass is 10.0. The Bertz CT molecular complexity index is 977. The van der Waals surface area contributed by atoms with Gasteiger partial charge in [-0.25, -0.2) is 4.79 Å². The molecule has 0 aliphatic heterocycles. The van der Waals surface area contributed by atoms with Gasteiger partial charge in [-0.2, -0.15) is 0 Å². The van der Waals surface area contributed by atoms with Crippen molar-refractivity contribution in [1.82, 2.24) is 9.47 Å². The number of ether oxygens (including phenoxy) is 1. The maximum absolute atomic E-state index is 13.4. The van der Waals surface area contributed by atoms with Crippen LogP contribution in [0.1, 0.15) is 76.6 Å². The van der Waals surface area contributed by atoms with Crippen molar-refractivity contribution in [1.29, 1.82) is 0 Å². The lowest BCUT2D eigenvalue weighted by Gasteiger charge is -2.23. The minimum atomic E-state index is -0.442. The highest BCUT2D eigenvalue weighted by atomic mass is 35.5. The SMILES string of the molecule is CCOC(=O)c1c(C)c(C(=O)CN(CCC(C)C)C(=O)c2ccc(Cl)cc2)c(C)n1CC. The molecule has 7 heteroatoms. The van der Waals surface area contributed by atoms with Crippen LogP contribution in [0, 0.1) is 19.8 Å². The first-order valence-electron chi connectivity index (χ1n) is 11.1.